The second kappa shape index (κ2) is 4.93. The number of rotatable bonds is 2. The summed E-state index contributed by atoms with van der Waals surface area (Å²) in [6.07, 6.45) is 0.142. The highest BCUT2D eigenvalue weighted by molar-refractivity contribution is 5.60. The Bertz CT molecular complexity index is 796. The molecule has 1 aliphatic rings. The fourth-order valence-corrected chi connectivity index (χ4v) is 3.14. The van der Waals surface area contributed by atoms with E-state index in [0.29, 0.717) is 11.1 Å². The van der Waals surface area contributed by atoms with Crippen LogP contribution in [-0.4, -0.2) is 18.6 Å². The zero-order valence-corrected chi connectivity index (χ0v) is 12.8. The Morgan fingerprint density at radius 2 is 1.95 bits per heavy atom. The number of aromatic nitrogens is 1. The first-order valence-corrected chi connectivity index (χ1v) is 7.20. The van der Waals surface area contributed by atoms with Gasteiger partial charge in [-0.05, 0) is 17.7 Å². The highest BCUT2D eigenvalue weighted by Gasteiger charge is 2.34. The van der Waals surface area contributed by atoms with Gasteiger partial charge >= 0.3 is 0 Å². The second-order valence-corrected chi connectivity index (χ2v) is 6.54. The molecule has 22 heavy (non-hydrogen) atoms. The van der Waals surface area contributed by atoms with Crippen LogP contribution < -0.4 is 10.5 Å². The molecule has 0 amide bonds. The highest BCUT2D eigenvalue weighted by Crippen LogP contribution is 2.37. The Hall–Kier alpha value is -2.17. The monoisotopic (exact) mass is 304 g/mol. The van der Waals surface area contributed by atoms with E-state index in [-0.39, 0.29) is 17.4 Å². The molecule has 3 nitrogen and oxygen atoms in total. The summed E-state index contributed by atoms with van der Waals surface area (Å²) in [5, 5.41) is 0. The number of halogens is 2. The van der Waals surface area contributed by atoms with Crippen LogP contribution in [-0.2, 0) is 11.8 Å². The molecule has 0 radical (unpaired) electrons. The summed E-state index contributed by atoms with van der Waals surface area (Å²) in [4.78, 5) is 17.3. The number of likely N-dealkylation sites (N-methyl/N-ethyl adjacent to an activating group) is 1. The zero-order chi connectivity index (χ0) is 16.1. The van der Waals surface area contributed by atoms with E-state index in [1.54, 1.807) is 0 Å². The maximum Gasteiger partial charge on any atom is 0.251 e. The van der Waals surface area contributed by atoms with E-state index in [2.05, 4.69) is 23.7 Å². The lowest BCUT2D eigenvalue weighted by molar-refractivity contribution is 0.547. The van der Waals surface area contributed by atoms with E-state index in [0.717, 1.165) is 24.0 Å². The fraction of sp³-hybridized carbons (Fsp3) is 0.353. The maximum atomic E-state index is 13.8. The lowest BCUT2D eigenvalue weighted by Crippen LogP contribution is -2.26. The first-order chi connectivity index (χ1) is 10.3. The molecular formula is C17H18F2N2O. The number of nitrogens with zero attached hydrogens (tertiary/aromatic N) is 1. The maximum absolute atomic E-state index is 13.8. The van der Waals surface area contributed by atoms with Gasteiger partial charge in [-0.2, -0.15) is 0 Å². The van der Waals surface area contributed by atoms with Crippen molar-refractivity contribution < 1.29 is 8.78 Å². The SMILES string of the molecule is CN1CC(C)(C)c2[nH]c(=O)c(Cc3ccc(F)cc3F)cc21. The van der Waals surface area contributed by atoms with Crippen molar-refractivity contribution >= 4 is 5.69 Å². The van der Waals surface area contributed by atoms with Crippen molar-refractivity contribution in [3.05, 3.63) is 63.1 Å². The van der Waals surface area contributed by atoms with E-state index in [4.69, 9.17) is 0 Å². The summed E-state index contributed by atoms with van der Waals surface area (Å²) in [5.41, 5.74) is 2.32. The number of hydrogen-bond donors (Lipinski definition) is 1. The van der Waals surface area contributed by atoms with Gasteiger partial charge in [0.1, 0.15) is 11.6 Å². The molecule has 5 heteroatoms. The lowest BCUT2D eigenvalue weighted by Gasteiger charge is -2.17. The number of fused-ring (bicyclic) bond motifs is 1. The summed E-state index contributed by atoms with van der Waals surface area (Å²) in [7, 11) is 1.97. The predicted octanol–water partition coefficient (Wildman–Crippen LogP) is 2.97. The van der Waals surface area contributed by atoms with Crippen LogP contribution >= 0.6 is 0 Å². The minimum atomic E-state index is -0.631. The van der Waals surface area contributed by atoms with E-state index in [1.165, 1.54) is 12.1 Å². The largest absolute Gasteiger partial charge is 0.372 e. The van der Waals surface area contributed by atoms with Gasteiger partial charge in [-0.3, -0.25) is 4.79 Å². The van der Waals surface area contributed by atoms with Crippen molar-refractivity contribution in [3.8, 4) is 0 Å². The zero-order valence-electron chi connectivity index (χ0n) is 12.8. The van der Waals surface area contributed by atoms with Gasteiger partial charge < -0.3 is 9.88 Å². The summed E-state index contributed by atoms with van der Waals surface area (Å²) >= 11 is 0. The summed E-state index contributed by atoms with van der Waals surface area (Å²) in [6, 6.07) is 5.23. The van der Waals surface area contributed by atoms with Crippen LogP contribution in [0.2, 0.25) is 0 Å². The summed E-state index contributed by atoms with van der Waals surface area (Å²) in [6.45, 7) is 4.96. The summed E-state index contributed by atoms with van der Waals surface area (Å²) in [5.74, 6) is -1.25. The standard InChI is InChI=1S/C17H18F2N2O/c1-17(2)9-21(3)14-7-11(16(22)20-15(14)17)6-10-4-5-12(18)8-13(10)19/h4-5,7-8H,6,9H2,1-3H3,(H,20,22). The number of pyridine rings is 1. The molecule has 2 heterocycles. The molecule has 1 aromatic heterocycles. The number of anilines is 1. The topological polar surface area (TPSA) is 36.1 Å². The normalized spacial score (nSPS) is 16.0. The average molecular weight is 304 g/mol. The van der Waals surface area contributed by atoms with Crippen LogP contribution in [0.5, 0.6) is 0 Å². The molecule has 0 saturated heterocycles. The van der Waals surface area contributed by atoms with Gasteiger partial charge in [-0.1, -0.05) is 19.9 Å². The number of nitrogens with one attached hydrogen (secondary N) is 1. The molecule has 0 bridgehead atoms. The number of benzene rings is 1. The molecule has 0 aliphatic carbocycles. The van der Waals surface area contributed by atoms with Crippen LogP contribution in [0.1, 0.15) is 30.7 Å². The predicted molar refractivity (Wildman–Crippen MR) is 82.5 cm³/mol. The molecule has 1 aliphatic heterocycles. The molecular weight excluding hydrogens is 286 g/mol. The Morgan fingerprint density at radius 3 is 2.64 bits per heavy atom. The first-order valence-electron chi connectivity index (χ1n) is 7.20. The van der Waals surface area contributed by atoms with Crippen molar-refractivity contribution in [1.82, 2.24) is 4.98 Å². The molecule has 3 rings (SSSR count). The lowest BCUT2D eigenvalue weighted by atomic mass is 9.91. The van der Waals surface area contributed by atoms with Crippen LogP contribution in [0.15, 0.2) is 29.1 Å². The van der Waals surface area contributed by atoms with Crippen LogP contribution in [0.4, 0.5) is 14.5 Å². The van der Waals surface area contributed by atoms with E-state index >= 15 is 0 Å². The van der Waals surface area contributed by atoms with Gasteiger partial charge in [0.25, 0.3) is 5.56 Å². The second-order valence-electron chi connectivity index (χ2n) is 6.54. The molecule has 1 N–H and O–H groups in total. The number of hydrogen-bond acceptors (Lipinski definition) is 2. The minimum absolute atomic E-state index is 0.122. The number of H-pyrrole nitrogens is 1. The van der Waals surface area contributed by atoms with Crippen molar-refractivity contribution in [2.24, 2.45) is 0 Å². The smallest absolute Gasteiger partial charge is 0.251 e. The van der Waals surface area contributed by atoms with E-state index in [1.807, 2.05) is 13.1 Å². The van der Waals surface area contributed by atoms with Crippen LogP contribution in [0.3, 0.4) is 0 Å². The Balaban J connectivity index is 2.03. The molecule has 2 aromatic rings. The average Bonchev–Trinajstić information content (AvgIpc) is 2.63. The van der Waals surface area contributed by atoms with Crippen molar-refractivity contribution in [2.75, 3.05) is 18.5 Å². The van der Waals surface area contributed by atoms with Gasteiger partial charge in [0, 0.05) is 42.8 Å². The highest BCUT2D eigenvalue weighted by atomic mass is 19.1. The molecule has 0 fully saturated rings. The molecule has 116 valence electrons. The molecule has 1 aromatic carbocycles. The van der Waals surface area contributed by atoms with Crippen molar-refractivity contribution in [2.45, 2.75) is 25.7 Å². The summed E-state index contributed by atoms with van der Waals surface area (Å²) < 4.78 is 26.7. The van der Waals surface area contributed by atoms with Crippen LogP contribution in [0, 0.1) is 11.6 Å². The molecule has 0 atom stereocenters. The van der Waals surface area contributed by atoms with E-state index in [9.17, 15) is 13.6 Å². The van der Waals surface area contributed by atoms with Crippen molar-refractivity contribution in [1.29, 1.82) is 0 Å². The fourth-order valence-electron chi connectivity index (χ4n) is 3.14. The van der Waals surface area contributed by atoms with Gasteiger partial charge in [0.2, 0.25) is 0 Å². The third-order valence-electron chi connectivity index (χ3n) is 4.21. The molecule has 0 saturated carbocycles. The van der Waals surface area contributed by atoms with Gasteiger partial charge in [-0.15, -0.1) is 0 Å². The number of aromatic amines is 1. The first kappa shape index (κ1) is 14.8. The van der Waals surface area contributed by atoms with Gasteiger partial charge in [0.15, 0.2) is 0 Å². The van der Waals surface area contributed by atoms with Crippen molar-refractivity contribution in [3.63, 3.8) is 0 Å². The quantitative estimate of drug-likeness (QED) is 0.926. The molecule has 0 unspecified atom stereocenters. The van der Waals surface area contributed by atoms with Crippen LogP contribution in [0.25, 0.3) is 0 Å². The third kappa shape index (κ3) is 2.40. The Morgan fingerprint density at radius 1 is 1.23 bits per heavy atom. The Kier molecular flexibility index (Phi) is 3.31. The van der Waals surface area contributed by atoms with Gasteiger partial charge in [0.05, 0.1) is 5.69 Å². The Labute approximate surface area is 127 Å². The minimum Gasteiger partial charge on any atom is -0.372 e. The van der Waals surface area contributed by atoms with E-state index < -0.39 is 11.6 Å². The third-order valence-corrected chi connectivity index (χ3v) is 4.21. The molecule has 0 spiro atoms. The van der Waals surface area contributed by atoms with Gasteiger partial charge in [-0.25, -0.2) is 8.78 Å².